The molecular weight excluding hydrogens is 265 g/mol. The fourth-order valence-electron chi connectivity index (χ4n) is 2.90. The molecule has 0 saturated heterocycles. The second-order valence-electron chi connectivity index (χ2n) is 5.39. The summed E-state index contributed by atoms with van der Waals surface area (Å²) < 4.78 is 13.5. The molecule has 1 aliphatic heterocycles. The van der Waals surface area contributed by atoms with Gasteiger partial charge in [0.2, 0.25) is 0 Å². The Morgan fingerprint density at radius 3 is 2.71 bits per heavy atom. The highest BCUT2D eigenvalue weighted by Gasteiger charge is 2.24. The molecule has 0 aliphatic carbocycles. The Bertz CT molecular complexity index is 654. The van der Waals surface area contributed by atoms with Crippen molar-refractivity contribution in [2.24, 2.45) is 5.73 Å². The molecule has 0 aromatic heterocycles. The van der Waals surface area contributed by atoms with E-state index in [9.17, 15) is 4.39 Å². The molecule has 0 fully saturated rings. The molecule has 1 unspecified atom stereocenters. The van der Waals surface area contributed by atoms with Crippen molar-refractivity contribution in [2.75, 3.05) is 18.0 Å². The van der Waals surface area contributed by atoms with Gasteiger partial charge in [-0.05, 0) is 29.7 Å². The third-order valence-corrected chi connectivity index (χ3v) is 4.02. The Hall–Kier alpha value is -2.36. The summed E-state index contributed by atoms with van der Waals surface area (Å²) in [5, 5.41) is 7.86. The van der Waals surface area contributed by atoms with Crippen molar-refractivity contribution in [1.82, 2.24) is 0 Å². The Morgan fingerprint density at radius 1 is 1.24 bits per heavy atom. The minimum absolute atomic E-state index is 0.144. The van der Waals surface area contributed by atoms with Crippen molar-refractivity contribution in [1.29, 1.82) is 5.41 Å². The predicted octanol–water partition coefficient (Wildman–Crippen LogP) is 2.91. The summed E-state index contributed by atoms with van der Waals surface area (Å²) in [4.78, 5) is 2.12. The molecule has 2 aromatic carbocycles. The number of hydrogen-bond acceptors (Lipinski definition) is 2. The van der Waals surface area contributed by atoms with E-state index in [1.165, 1.54) is 6.07 Å². The number of anilines is 1. The molecule has 0 saturated carbocycles. The number of rotatable bonds is 4. The van der Waals surface area contributed by atoms with Gasteiger partial charge in [0.25, 0.3) is 0 Å². The first-order valence-electron chi connectivity index (χ1n) is 7.07. The van der Waals surface area contributed by atoms with E-state index in [4.69, 9.17) is 11.1 Å². The van der Waals surface area contributed by atoms with Gasteiger partial charge in [0, 0.05) is 18.8 Å². The number of nitrogens with zero attached hydrogens (tertiary/aromatic N) is 1. The molecule has 2 aromatic rings. The van der Waals surface area contributed by atoms with E-state index in [0.717, 1.165) is 29.8 Å². The summed E-state index contributed by atoms with van der Waals surface area (Å²) in [6.45, 7) is 1.45. The fourth-order valence-corrected chi connectivity index (χ4v) is 2.90. The van der Waals surface area contributed by atoms with Crippen LogP contribution in [0.1, 0.15) is 17.0 Å². The lowest BCUT2D eigenvalue weighted by Gasteiger charge is -2.25. The normalized spacial score (nSPS) is 14.8. The van der Waals surface area contributed by atoms with Gasteiger partial charge in [-0.25, -0.2) is 4.39 Å². The number of benzene rings is 2. The van der Waals surface area contributed by atoms with Gasteiger partial charge in [0.15, 0.2) is 0 Å². The topological polar surface area (TPSA) is 53.1 Å². The van der Waals surface area contributed by atoms with Crippen LogP contribution < -0.4 is 10.6 Å². The number of nitrogens with two attached hydrogens (primary N) is 1. The van der Waals surface area contributed by atoms with E-state index in [1.54, 1.807) is 6.07 Å². The van der Waals surface area contributed by atoms with Crippen LogP contribution in [0.25, 0.3) is 0 Å². The lowest BCUT2D eigenvalue weighted by molar-refractivity contribution is 0.627. The molecule has 1 heterocycles. The lowest BCUT2D eigenvalue weighted by atomic mass is 9.97. The lowest BCUT2D eigenvalue weighted by Crippen LogP contribution is -2.33. The number of fused-ring (bicyclic) bond motifs is 1. The van der Waals surface area contributed by atoms with Crippen LogP contribution >= 0.6 is 0 Å². The van der Waals surface area contributed by atoms with Crippen LogP contribution in [-0.2, 0) is 6.42 Å². The van der Waals surface area contributed by atoms with Gasteiger partial charge in [-0.15, -0.1) is 0 Å². The molecule has 3 rings (SSSR count). The standard InChI is InChI=1S/C17H18FN3/c18-14-7-6-13-8-9-21(16(13)10-14)11-15(17(19)20)12-4-2-1-3-5-12/h1-7,10,15H,8-9,11H2,(H3,19,20). The Morgan fingerprint density at radius 2 is 2.00 bits per heavy atom. The highest BCUT2D eigenvalue weighted by molar-refractivity contribution is 5.85. The van der Waals surface area contributed by atoms with Crippen molar-refractivity contribution in [3.8, 4) is 0 Å². The monoisotopic (exact) mass is 283 g/mol. The number of amidine groups is 1. The minimum atomic E-state index is -0.222. The van der Waals surface area contributed by atoms with Gasteiger partial charge in [-0.3, -0.25) is 5.41 Å². The van der Waals surface area contributed by atoms with E-state index in [-0.39, 0.29) is 17.6 Å². The summed E-state index contributed by atoms with van der Waals surface area (Å²) in [6, 6.07) is 14.7. The summed E-state index contributed by atoms with van der Waals surface area (Å²) in [6.07, 6.45) is 0.912. The molecule has 1 aliphatic rings. The van der Waals surface area contributed by atoms with Gasteiger partial charge < -0.3 is 10.6 Å². The van der Waals surface area contributed by atoms with Crippen LogP contribution in [0, 0.1) is 11.2 Å². The van der Waals surface area contributed by atoms with Crippen LogP contribution in [-0.4, -0.2) is 18.9 Å². The maximum atomic E-state index is 13.5. The van der Waals surface area contributed by atoms with Crippen LogP contribution in [0.3, 0.4) is 0 Å². The summed E-state index contributed by atoms with van der Waals surface area (Å²) in [5.41, 5.74) is 8.89. The Kier molecular flexibility index (Phi) is 3.60. The molecule has 1 atom stereocenters. The van der Waals surface area contributed by atoms with E-state index < -0.39 is 0 Å². The molecule has 21 heavy (non-hydrogen) atoms. The van der Waals surface area contributed by atoms with Crippen molar-refractivity contribution in [2.45, 2.75) is 12.3 Å². The predicted molar refractivity (Wildman–Crippen MR) is 83.4 cm³/mol. The Balaban J connectivity index is 1.86. The van der Waals surface area contributed by atoms with E-state index in [2.05, 4.69) is 4.90 Å². The third-order valence-electron chi connectivity index (χ3n) is 4.02. The molecule has 3 nitrogen and oxygen atoms in total. The van der Waals surface area contributed by atoms with E-state index >= 15 is 0 Å². The van der Waals surface area contributed by atoms with Crippen molar-refractivity contribution < 1.29 is 4.39 Å². The molecule has 0 amide bonds. The van der Waals surface area contributed by atoms with Gasteiger partial charge >= 0.3 is 0 Å². The van der Waals surface area contributed by atoms with Crippen LogP contribution in [0.2, 0.25) is 0 Å². The molecule has 4 heteroatoms. The molecule has 3 N–H and O–H groups in total. The van der Waals surface area contributed by atoms with E-state index in [0.29, 0.717) is 6.54 Å². The van der Waals surface area contributed by atoms with Gasteiger partial charge in [-0.2, -0.15) is 0 Å². The second kappa shape index (κ2) is 5.56. The average molecular weight is 283 g/mol. The van der Waals surface area contributed by atoms with E-state index in [1.807, 2.05) is 36.4 Å². The molecule has 0 spiro atoms. The zero-order valence-corrected chi connectivity index (χ0v) is 11.7. The third kappa shape index (κ3) is 2.75. The molecule has 108 valence electrons. The maximum absolute atomic E-state index is 13.5. The summed E-state index contributed by atoms with van der Waals surface area (Å²) >= 11 is 0. The zero-order chi connectivity index (χ0) is 14.8. The second-order valence-corrected chi connectivity index (χ2v) is 5.39. The average Bonchev–Trinajstić information content (AvgIpc) is 2.87. The highest BCUT2D eigenvalue weighted by atomic mass is 19.1. The van der Waals surface area contributed by atoms with Gasteiger partial charge in [0.1, 0.15) is 5.82 Å². The van der Waals surface area contributed by atoms with Crippen molar-refractivity contribution >= 4 is 11.5 Å². The van der Waals surface area contributed by atoms with Crippen molar-refractivity contribution in [3.63, 3.8) is 0 Å². The first kappa shape index (κ1) is 13.6. The number of nitrogens with one attached hydrogen (secondary N) is 1. The smallest absolute Gasteiger partial charge is 0.125 e. The summed E-state index contributed by atoms with van der Waals surface area (Å²) in [5.74, 6) is -0.244. The minimum Gasteiger partial charge on any atom is -0.387 e. The largest absolute Gasteiger partial charge is 0.387 e. The highest BCUT2D eigenvalue weighted by Crippen LogP contribution is 2.31. The van der Waals surface area contributed by atoms with Gasteiger partial charge in [0.05, 0.1) is 11.8 Å². The molecular formula is C17H18FN3. The van der Waals surface area contributed by atoms with Crippen LogP contribution in [0.5, 0.6) is 0 Å². The summed E-state index contributed by atoms with van der Waals surface area (Å²) in [7, 11) is 0. The van der Waals surface area contributed by atoms with Crippen molar-refractivity contribution in [3.05, 3.63) is 65.5 Å². The van der Waals surface area contributed by atoms with Crippen LogP contribution in [0.15, 0.2) is 48.5 Å². The number of halogens is 1. The first-order valence-corrected chi connectivity index (χ1v) is 7.07. The SMILES string of the molecule is N=C(N)C(CN1CCc2ccc(F)cc21)c1ccccc1. The number of hydrogen-bond donors (Lipinski definition) is 2. The first-order chi connectivity index (χ1) is 10.1. The van der Waals surface area contributed by atoms with Crippen LogP contribution in [0.4, 0.5) is 10.1 Å². The Labute approximate surface area is 123 Å². The quantitative estimate of drug-likeness (QED) is 0.669. The zero-order valence-electron chi connectivity index (χ0n) is 11.7. The molecule has 0 radical (unpaired) electrons. The van der Waals surface area contributed by atoms with Gasteiger partial charge in [-0.1, -0.05) is 36.4 Å². The maximum Gasteiger partial charge on any atom is 0.125 e. The molecule has 0 bridgehead atoms. The fraction of sp³-hybridized carbons (Fsp3) is 0.235.